The van der Waals surface area contributed by atoms with Crippen molar-refractivity contribution in [3.8, 4) is 11.4 Å². The van der Waals surface area contributed by atoms with Gasteiger partial charge in [0.15, 0.2) is 0 Å². The zero-order chi connectivity index (χ0) is 11.5. The number of hydrogen-bond donors (Lipinski definition) is 1. The predicted octanol–water partition coefficient (Wildman–Crippen LogP) is 1.75. The number of nitrogens with two attached hydrogens (primary N) is 1. The minimum atomic E-state index is 0.595. The van der Waals surface area contributed by atoms with Gasteiger partial charge in [-0.2, -0.15) is 5.10 Å². The van der Waals surface area contributed by atoms with E-state index in [9.17, 15) is 0 Å². The molecule has 0 amide bonds. The van der Waals surface area contributed by atoms with Crippen molar-refractivity contribution in [3.63, 3.8) is 0 Å². The molecule has 0 radical (unpaired) electrons. The number of hydrogen-bond acceptors (Lipinski definition) is 3. The third-order valence-corrected chi connectivity index (χ3v) is 3.18. The van der Waals surface area contributed by atoms with Crippen LogP contribution in [0.4, 0.5) is 0 Å². The second kappa shape index (κ2) is 4.76. The van der Waals surface area contributed by atoms with E-state index >= 15 is 0 Å². The molecule has 0 fully saturated rings. The number of aromatic nitrogens is 3. The van der Waals surface area contributed by atoms with Crippen LogP contribution in [0, 0.1) is 0 Å². The maximum Gasteiger partial charge on any atom is 0.101 e. The average molecular weight is 281 g/mol. The van der Waals surface area contributed by atoms with Crippen LogP contribution in [0.25, 0.3) is 11.4 Å². The third kappa shape index (κ3) is 2.01. The fourth-order valence-corrected chi connectivity index (χ4v) is 2.37. The fraction of sp³-hybridized carbons (Fsp3) is 0.273. The predicted molar refractivity (Wildman–Crippen MR) is 66.9 cm³/mol. The number of aryl methyl sites for hydroxylation is 1. The zero-order valence-corrected chi connectivity index (χ0v) is 10.6. The van der Waals surface area contributed by atoms with Crippen molar-refractivity contribution >= 4 is 15.9 Å². The minimum Gasteiger partial charge on any atom is -0.330 e. The largest absolute Gasteiger partial charge is 0.330 e. The smallest absolute Gasteiger partial charge is 0.101 e. The summed E-state index contributed by atoms with van der Waals surface area (Å²) >= 11 is 3.56. The summed E-state index contributed by atoms with van der Waals surface area (Å²) in [4.78, 5) is 4.32. The fourth-order valence-electron chi connectivity index (χ4n) is 1.63. The van der Waals surface area contributed by atoms with Gasteiger partial charge in [-0.1, -0.05) is 6.07 Å². The maximum atomic E-state index is 5.54. The lowest BCUT2D eigenvalue weighted by molar-refractivity contribution is 0.743. The maximum absolute atomic E-state index is 5.54. The molecule has 0 unspecified atom stereocenters. The monoisotopic (exact) mass is 280 g/mol. The van der Waals surface area contributed by atoms with Gasteiger partial charge in [0.05, 0.1) is 15.9 Å². The molecule has 0 aliphatic carbocycles. The highest BCUT2D eigenvalue weighted by atomic mass is 79.9. The van der Waals surface area contributed by atoms with E-state index in [1.165, 1.54) is 0 Å². The van der Waals surface area contributed by atoms with Crippen molar-refractivity contribution in [2.24, 2.45) is 12.8 Å². The number of pyridine rings is 1. The van der Waals surface area contributed by atoms with E-state index in [0.29, 0.717) is 6.54 Å². The molecule has 4 nitrogen and oxygen atoms in total. The van der Waals surface area contributed by atoms with Crippen molar-refractivity contribution in [1.82, 2.24) is 14.8 Å². The van der Waals surface area contributed by atoms with Gasteiger partial charge in [0, 0.05) is 19.7 Å². The van der Waals surface area contributed by atoms with E-state index in [1.54, 1.807) is 6.20 Å². The molecule has 0 aromatic carbocycles. The van der Waals surface area contributed by atoms with Gasteiger partial charge in [-0.05, 0) is 34.6 Å². The summed E-state index contributed by atoms with van der Waals surface area (Å²) in [5.41, 5.74) is 8.42. The first kappa shape index (κ1) is 11.3. The highest BCUT2D eigenvalue weighted by Gasteiger charge is 2.15. The van der Waals surface area contributed by atoms with Gasteiger partial charge in [-0.15, -0.1) is 0 Å². The first-order valence-electron chi connectivity index (χ1n) is 5.07. The van der Waals surface area contributed by atoms with Crippen molar-refractivity contribution in [1.29, 1.82) is 0 Å². The molecule has 0 atom stereocenters. The summed E-state index contributed by atoms with van der Waals surface area (Å²) in [7, 11) is 1.91. The van der Waals surface area contributed by atoms with Gasteiger partial charge in [0.2, 0.25) is 0 Å². The topological polar surface area (TPSA) is 56.7 Å². The minimum absolute atomic E-state index is 0.595. The van der Waals surface area contributed by atoms with Gasteiger partial charge in [-0.25, -0.2) is 0 Å². The van der Waals surface area contributed by atoms with E-state index in [4.69, 9.17) is 5.73 Å². The molecule has 0 saturated carbocycles. The Bertz CT molecular complexity index is 478. The molecule has 2 aromatic rings. The molecule has 5 heteroatoms. The van der Waals surface area contributed by atoms with Crippen LogP contribution in [0.2, 0.25) is 0 Å². The quantitative estimate of drug-likeness (QED) is 0.932. The van der Waals surface area contributed by atoms with Crippen LogP contribution in [0.1, 0.15) is 5.69 Å². The lowest BCUT2D eigenvalue weighted by Gasteiger charge is -2.00. The number of rotatable bonds is 3. The summed E-state index contributed by atoms with van der Waals surface area (Å²) in [5, 5.41) is 4.43. The molecular formula is C11H13BrN4. The van der Waals surface area contributed by atoms with Gasteiger partial charge in [0.1, 0.15) is 5.69 Å². The van der Waals surface area contributed by atoms with E-state index in [2.05, 4.69) is 26.0 Å². The molecule has 0 spiro atoms. The summed E-state index contributed by atoms with van der Waals surface area (Å²) in [6, 6.07) is 5.83. The lowest BCUT2D eigenvalue weighted by Crippen LogP contribution is -2.04. The molecule has 0 aliphatic rings. The van der Waals surface area contributed by atoms with Gasteiger partial charge < -0.3 is 5.73 Å². The highest BCUT2D eigenvalue weighted by molar-refractivity contribution is 9.10. The van der Waals surface area contributed by atoms with Crippen LogP contribution in [-0.2, 0) is 13.5 Å². The van der Waals surface area contributed by atoms with E-state index in [-0.39, 0.29) is 0 Å². The Balaban J connectivity index is 2.49. The van der Waals surface area contributed by atoms with Crippen molar-refractivity contribution < 1.29 is 0 Å². The Morgan fingerprint density at radius 2 is 2.25 bits per heavy atom. The molecular weight excluding hydrogens is 268 g/mol. The Morgan fingerprint density at radius 3 is 2.88 bits per heavy atom. The van der Waals surface area contributed by atoms with Crippen LogP contribution in [-0.4, -0.2) is 21.3 Å². The molecule has 2 N–H and O–H groups in total. The second-order valence-electron chi connectivity index (χ2n) is 3.49. The number of halogens is 1. The second-order valence-corrected chi connectivity index (χ2v) is 4.28. The van der Waals surface area contributed by atoms with Crippen LogP contribution in [0.3, 0.4) is 0 Å². The summed E-state index contributed by atoms with van der Waals surface area (Å²) in [5.74, 6) is 0. The Labute approximate surface area is 103 Å². The summed E-state index contributed by atoms with van der Waals surface area (Å²) < 4.78 is 2.82. The van der Waals surface area contributed by atoms with Gasteiger partial charge >= 0.3 is 0 Å². The summed E-state index contributed by atoms with van der Waals surface area (Å²) in [6.45, 7) is 0.595. The van der Waals surface area contributed by atoms with E-state index in [0.717, 1.165) is 28.0 Å². The van der Waals surface area contributed by atoms with Crippen LogP contribution in [0.5, 0.6) is 0 Å². The summed E-state index contributed by atoms with van der Waals surface area (Å²) in [6.07, 6.45) is 2.54. The third-order valence-electron chi connectivity index (χ3n) is 2.34. The SMILES string of the molecule is Cn1nc(CCN)c(Br)c1-c1ccccn1. The van der Waals surface area contributed by atoms with Crippen molar-refractivity contribution in [2.75, 3.05) is 6.54 Å². The van der Waals surface area contributed by atoms with Crippen molar-refractivity contribution in [2.45, 2.75) is 6.42 Å². The molecule has 0 saturated heterocycles. The zero-order valence-electron chi connectivity index (χ0n) is 9.02. The first-order valence-corrected chi connectivity index (χ1v) is 5.86. The van der Waals surface area contributed by atoms with E-state index < -0.39 is 0 Å². The Hall–Kier alpha value is -1.20. The molecule has 84 valence electrons. The first-order chi connectivity index (χ1) is 7.74. The Morgan fingerprint density at radius 1 is 1.44 bits per heavy atom. The van der Waals surface area contributed by atoms with E-state index in [1.807, 2.05) is 29.9 Å². The highest BCUT2D eigenvalue weighted by Crippen LogP contribution is 2.29. The van der Waals surface area contributed by atoms with Gasteiger partial charge in [0.25, 0.3) is 0 Å². The van der Waals surface area contributed by atoms with Crippen LogP contribution >= 0.6 is 15.9 Å². The normalized spacial score (nSPS) is 10.7. The molecule has 0 bridgehead atoms. The van der Waals surface area contributed by atoms with Crippen molar-refractivity contribution in [3.05, 3.63) is 34.6 Å². The molecule has 0 aliphatic heterocycles. The molecule has 2 heterocycles. The average Bonchev–Trinajstić information content (AvgIpc) is 2.56. The van der Waals surface area contributed by atoms with Gasteiger partial charge in [-0.3, -0.25) is 9.67 Å². The van der Waals surface area contributed by atoms with Crippen LogP contribution < -0.4 is 5.73 Å². The lowest BCUT2D eigenvalue weighted by atomic mass is 10.2. The molecule has 16 heavy (non-hydrogen) atoms. The Kier molecular flexibility index (Phi) is 3.36. The molecule has 2 rings (SSSR count). The number of nitrogens with zero attached hydrogens (tertiary/aromatic N) is 3. The molecule has 2 aromatic heterocycles. The van der Waals surface area contributed by atoms with Crippen LogP contribution in [0.15, 0.2) is 28.9 Å². The standard InChI is InChI=1S/C11H13BrN4/c1-16-11(9-4-2-3-7-14-9)10(12)8(15-16)5-6-13/h2-4,7H,5-6,13H2,1H3.